The molecular formula is C19H26N4O3. The first kappa shape index (κ1) is 23.1. The van der Waals surface area contributed by atoms with Crippen LogP contribution in [0.1, 0.15) is 38.5 Å². The summed E-state index contributed by atoms with van der Waals surface area (Å²) in [5.74, 6) is 6.25. The first-order chi connectivity index (χ1) is 12.4. The Morgan fingerprint density at radius 1 is 0.692 bits per heavy atom. The molecule has 0 aromatic heterocycles. The van der Waals surface area contributed by atoms with Crippen molar-refractivity contribution in [3.63, 3.8) is 0 Å². The van der Waals surface area contributed by atoms with Gasteiger partial charge >= 0.3 is 0 Å². The molecule has 0 saturated heterocycles. The van der Waals surface area contributed by atoms with E-state index in [-0.39, 0.29) is 56.6 Å². The van der Waals surface area contributed by atoms with E-state index >= 15 is 0 Å². The third-order valence-corrected chi connectivity index (χ3v) is 3.71. The molecule has 0 aromatic rings. The Morgan fingerprint density at radius 3 is 1.19 bits per heavy atom. The lowest BCUT2D eigenvalue weighted by molar-refractivity contribution is -0.121. The van der Waals surface area contributed by atoms with Gasteiger partial charge in [-0.1, -0.05) is 17.8 Å². The fourth-order valence-corrected chi connectivity index (χ4v) is 2.18. The summed E-state index contributed by atoms with van der Waals surface area (Å²) in [6.45, 7) is 0.415. The molecule has 0 aliphatic heterocycles. The zero-order valence-electron chi connectivity index (χ0n) is 14.9. The maximum atomic E-state index is 11.7. The van der Waals surface area contributed by atoms with Gasteiger partial charge < -0.3 is 21.7 Å². The molecule has 140 valence electrons. The monoisotopic (exact) mass is 358 g/mol. The Morgan fingerprint density at radius 2 is 0.962 bits per heavy atom. The number of nitrogens with two attached hydrogens (primary N) is 1. The van der Waals surface area contributed by atoms with Crippen LogP contribution >= 0.6 is 0 Å². The van der Waals surface area contributed by atoms with Gasteiger partial charge in [-0.05, 0) is 19.3 Å². The average Bonchev–Trinajstić information content (AvgIpc) is 2.64. The molecule has 7 nitrogen and oxygen atoms in total. The molecule has 0 radical (unpaired) electrons. The largest absolute Gasteiger partial charge is 0.345 e. The van der Waals surface area contributed by atoms with Crippen LogP contribution in [0.3, 0.4) is 0 Å². The molecule has 3 amide bonds. The Hall–Kier alpha value is -2.95. The minimum absolute atomic E-state index is 0.138. The van der Waals surface area contributed by atoms with Crippen LogP contribution in [0.5, 0.6) is 0 Å². The lowest BCUT2D eigenvalue weighted by Gasteiger charge is -2.29. The van der Waals surface area contributed by atoms with Crippen molar-refractivity contribution in [3.8, 4) is 37.0 Å². The van der Waals surface area contributed by atoms with E-state index in [4.69, 9.17) is 25.0 Å². The van der Waals surface area contributed by atoms with Gasteiger partial charge in [0.25, 0.3) is 0 Å². The summed E-state index contributed by atoms with van der Waals surface area (Å²) in [5.41, 5.74) is 5.52. The molecule has 7 heteroatoms. The number of terminal acetylenes is 3. The van der Waals surface area contributed by atoms with E-state index in [1.807, 2.05) is 0 Å². The summed E-state index contributed by atoms with van der Waals surface area (Å²) in [5, 5.41) is 7.67. The molecule has 0 atom stereocenters. The summed E-state index contributed by atoms with van der Waals surface area (Å²) in [4.78, 5) is 35.2. The number of hydrogen-bond donors (Lipinski definition) is 4. The lowest BCUT2D eigenvalue weighted by atomic mass is 9.84. The van der Waals surface area contributed by atoms with Crippen molar-refractivity contribution in [2.24, 2.45) is 5.73 Å². The van der Waals surface area contributed by atoms with Gasteiger partial charge in [0.15, 0.2) is 0 Å². The van der Waals surface area contributed by atoms with Gasteiger partial charge in [-0.2, -0.15) is 0 Å². The van der Waals surface area contributed by atoms with Crippen molar-refractivity contribution >= 4 is 17.7 Å². The molecule has 0 aliphatic rings. The molecule has 0 fully saturated rings. The van der Waals surface area contributed by atoms with Crippen molar-refractivity contribution < 1.29 is 14.4 Å². The van der Waals surface area contributed by atoms with Crippen LogP contribution in [0.25, 0.3) is 0 Å². The highest BCUT2D eigenvalue weighted by molar-refractivity contribution is 5.77. The van der Waals surface area contributed by atoms with Gasteiger partial charge in [0.05, 0.1) is 19.6 Å². The molecule has 0 unspecified atom stereocenters. The molecule has 0 aromatic carbocycles. The van der Waals surface area contributed by atoms with E-state index in [1.54, 1.807) is 0 Å². The zero-order valence-corrected chi connectivity index (χ0v) is 14.9. The summed E-state index contributed by atoms with van der Waals surface area (Å²) < 4.78 is 0. The molecule has 0 rings (SSSR count). The molecule has 0 saturated carbocycles. The third kappa shape index (κ3) is 11.6. The minimum atomic E-state index is -0.853. The van der Waals surface area contributed by atoms with E-state index in [2.05, 4.69) is 33.7 Å². The fourth-order valence-electron chi connectivity index (χ4n) is 2.18. The van der Waals surface area contributed by atoms with E-state index in [1.165, 1.54) is 0 Å². The van der Waals surface area contributed by atoms with E-state index in [9.17, 15) is 14.4 Å². The smallest absolute Gasteiger partial charge is 0.220 e. The normalized spacial score (nSPS) is 9.92. The standard InChI is InChI=1S/C19H26N4O3/c1-4-13-21-16(24)7-10-19(20,11-8-17(25)22-14-5-2)12-9-18(26)23-15-6-3/h1-3H,7-15,20H2,(H,21,24)(H,22,25)(H,23,26). The number of rotatable bonds is 12. The second kappa shape index (κ2) is 13.4. The highest BCUT2D eigenvalue weighted by Gasteiger charge is 2.27. The molecule has 0 aliphatic carbocycles. The van der Waals surface area contributed by atoms with Crippen molar-refractivity contribution in [1.29, 1.82) is 0 Å². The van der Waals surface area contributed by atoms with Gasteiger partial charge in [0, 0.05) is 24.8 Å². The highest BCUT2D eigenvalue weighted by Crippen LogP contribution is 2.22. The number of nitrogens with one attached hydrogen (secondary N) is 3. The summed E-state index contributed by atoms with van der Waals surface area (Å²) in [6, 6.07) is 0. The molecule has 5 N–H and O–H groups in total. The molecular weight excluding hydrogens is 332 g/mol. The van der Waals surface area contributed by atoms with Gasteiger partial charge in [-0.25, -0.2) is 0 Å². The quantitative estimate of drug-likeness (QED) is 0.345. The molecule has 0 spiro atoms. The Bertz CT molecular complexity index is 524. The maximum absolute atomic E-state index is 11.7. The van der Waals surface area contributed by atoms with Gasteiger partial charge in [0.2, 0.25) is 17.7 Å². The predicted octanol–water partition coefficient (Wildman–Crippen LogP) is -0.727. The molecule has 0 heterocycles. The summed E-state index contributed by atoms with van der Waals surface area (Å²) >= 11 is 0. The minimum Gasteiger partial charge on any atom is -0.345 e. The first-order valence-corrected chi connectivity index (χ1v) is 8.26. The number of hydrogen-bond acceptors (Lipinski definition) is 4. The van der Waals surface area contributed by atoms with Crippen molar-refractivity contribution in [3.05, 3.63) is 0 Å². The summed E-state index contributed by atoms with van der Waals surface area (Å²) in [6.07, 6.45) is 16.7. The second-order valence-electron chi connectivity index (χ2n) is 5.80. The van der Waals surface area contributed by atoms with Crippen LogP contribution in [0, 0.1) is 37.0 Å². The fraction of sp³-hybridized carbons (Fsp3) is 0.526. The van der Waals surface area contributed by atoms with Crippen LogP contribution in [-0.2, 0) is 14.4 Å². The van der Waals surface area contributed by atoms with Crippen LogP contribution in [0.15, 0.2) is 0 Å². The van der Waals surface area contributed by atoms with Gasteiger partial charge in [0.1, 0.15) is 0 Å². The van der Waals surface area contributed by atoms with E-state index < -0.39 is 5.54 Å². The highest BCUT2D eigenvalue weighted by atomic mass is 16.2. The molecule has 26 heavy (non-hydrogen) atoms. The van der Waals surface area contributed by atoms with Crippen LogP contribution in [-0.4, -0.2) is 42.9 Å². The van der Waals surface area contributed by atoms with Crippen molar-refractivity contribution in [2.45, 2.75) is 44.1 Å². The second-order valence-corrected chi connectivity index (χ2v) is 5.80. The molecule has 0 bridgehead atoms. The Labute approximate surface area is 155 Å². The average molecular weight is 358 g/mol. The topological polar surface area (TPSA) is 113 Å². The SMILES string of the molecule is C#CCNC(=O)CCC(N)(CCC(=O)NCC#C)CCC(=O)NCC#C. The van der Waals surface area contributed by atoms with Crippen molar-refractivity contribution in [2.75, 3.05) is 19.6 Å². The number of carbonyl (C=O) groups excluding carboxylic acids is 3. The van der Waals surface area contributed by atoms with E-state index in [0.29, 0.717) is 19.3 Å². The maximum Gasteiger partial charge on any atom is 0.220 e. The Balaban J connectivity index is 4.68. The predicted molar refractivity (Wildman–Crippen MR) is 100 cm³/mol. The summed E-state index contributed by atoms with van der Waals surface area (Å²) in [7, 11) is 0. The van der Waals surface area contributed by atoms with Gasteiger partial charge in [-0.15, -0.1) is 19.3 Å². The Kier molecular flexibility index (Phi) is 11.8. The first-order valence-electron chi connectivity index (χ1n) is 8.26. The number of amides is 3. The van der Waals surface area contributed by atoms with Crippen molar-refractivity contribution in [1.82, 2.24) is 16.0 Å². The lowest BCUT2D eigenvalue weighted by Crippen LogP contribution is -2.43. The number of carbonyl (C=O) groups is 3. The van der Waals surface area contributed by atoms with Crippen LogP contribution in [0.2, 0.25) is 0 Å². The van der Waals surface area contributed by atoms with Crippen LogP contribution < -0.4 is 21.7 Å². The van der Waals surface area contributed by atoms with Crippen LogP contribution in [0.4, 0.5) is 0 Å². The van der Waals surface area contributed by atoms with Gasteiger partial charge in [-0.3, -0.25) is 14.4 Å². The van der Waals surface area contributed by atoms with E-state index in [0.717, 1.165) is 0 Å². The third-order valence-electron chi connectivity index (χ3n) is 3.71. The zero-order chi connectivity index (χ0) is 19.8.